The van der Waals surface area contributed by atoms with Gasteiger partial charge in [0, 0.05) is 31.4 Å². The second kappa shape index (κ2) is 7.67. The first kappa shape index (κ1) is 19.1. The zero-order valence-electron chi connectivity index (χ0n) is 16.8. The molecule has 0 bridgehead atoms. The van der Waals surface area contributed by atoms with Crippen LogP contribution in [0.5, 0.6) is 5.75 Å². The highest BCUT2D eigenvalue weighted by Gasteiger charge is 2.42. The summed E-state index contributed by atoms with van der Waals surface area (Å²) < 4.78 is 11.2. The Hall–Kier alpha value is -3.19. The van der Waals surface area contributed by atoms with Crippen LogP contribution in [0.15, 0.2) is 51.9 Å². The van der Waals surface area contributed by atoms with E-state index >= 15 is 0 Å². The van der Waals surface area contributed by atoms with E-state index in [0.29, 0.717) is 28.8 Å². The molecule has 1 aliphatic heterocycles. The van der Waals surface area contributed by atoms with Crippen molar-refractivity contribution in [2.24, 2.45) is 0 Å². The van der Waals surface area contributed by atoms with Crippen LogP contribution in [0, 0.1) is 0 Å². The number of benzene rings is 1. The fourth-order valence-corrected chi connectivity index (χ4v) is 3.84. The molecule has 1 amide bonds. The molecule has 0 fully saturated rings. The van der Waals surface area contributed by atoms with Crippen molar-refractivity contribution in [2.45, 2.75) is 12.5 Å². The van der Waals surface area contributed by atoms with E-state index in [0.717, 1.165) is 18.5 Å². The molecule has 2 aromatic heterocycles. The fraction of sp³-hybridized carbons (Fsp3) is 0.318. The molecule has 0 unspecified atom stereocenters. The summed E-state index contributed by atoms with van der Waals surface area (Å²) in [5.74, 6) is 0.423. The molecule has 3 heterocycles. The standard InChI is InChI=1S/C22H23N3O4/c1-24(2)10-5-11-25-19(14-6-4-9-23-13-14)18-20(26)16-8-7-15(28-3)12-17(16)29-21(18)22(25)27/h4,6-9,12-13,19H,5,10-11H2,1-3H3/p+1/t19-/m1/s1. The number of ether oxygens (including phenoxy) is 1. The average Bonchev–Trinajstić information content (AvgIpc) is 3.00. The maximum atomic E-state index is 13.4. The molecule has 1 aromatic carbocycles. The molecule has 0 radical (unpaired) electrons. The highest BCUT2D eigenvalue weighted by molar-refractivity contribution is 5.99. The lowest BCUT2D eigenvalue weighted by molar-refractivity contribution is -0.858. The zero-order chi connectivity index (χ0) is 20.5. The highest BCUT2D eigenvalue weighted by atomic mass is 16.5. The second-order valence-corrected chi connectivity index (χ2v) is 7.53. The van der Waals surface area contributed by atoms with Crippen molar-refractivity contribution in [1.82, 2.24) is 9.88 Å². The van der Waals surface area contributed by atoms with Crippen LogP contribution < -0.4 is 15.1 Å². The number of hydrogen-bond donors (Lipinski definition) is 1. The van der Waals surface area contributed by atoms with E-state index in [9.17, 15) is 9.59 Å². The summed E-state index contributed by atoms with van der Waals surface area (Å²) in [6.07, 6.45) is 4.20. The van der Waals surface area contributed by atoms with Crippen molar-refractivity contribution < 1.29 is 18.8 Å². The van der Waals surface area contributed by atoms with Crippen LogP contribution in [0.2, 0.25) is 0 Å². The number of methoxy groups -OCH3 is 1. The van der Waals surface area contributed by atoms with Crippen LogP contribution >= 0.6 is 0 Å². The van der Waals surface area contributed by atoms with Crippen LogP contribution in [0.4, 0.5) is 0 Å². The molecule has 29 heavy (non-hydrogen) atoms. The van der Waals surface area contributed by atoms with Crippen LogP contribution in [0.3, 0.4) is 0 Å². The van der Waals surface area contributed by atoms with E-state index in [4.69, 9.17) is 9.15 Å². The Bertz CT molecular complexity index is 1110. The molecule has 4 rings (SSSR count). The summed E-state index contributed by atoms with van der Waals surface area (Å²) in [6.45, 7) is 1.45. The lowest BCUT2D eigenvalue weighted by Crippen LogP contribution is -3.05. The predicted octanol–water partition coefficient (Wildman–Crippen LogP) is 1.28. The number of aromatic nitrogens is 1. The van der Waals surface area contributed by atoms with Crippen LogP contribution in [-0.4, -0.2) is 50.1 Å². The minimum atomic E-state index is -0.494. The number of quaternary nitrogens is 1. The van der Waals surface area contributed by atoms with Gasteiger partial charge in [-0.2, -0.15) is 0 Å². The minimum Gasteiger partial charge on any atom is -0.497 e. The molecule has 0 aliphatic carbocycles. The Balaban J connectivity index is 1.87. The maximum absolute atomic E-state index is 13.4. The summed E-state index contributed by atoms with van der Waals surface area (Å²) in [7, 11) is 5.69. The Morgan fingerprint density at radius 2 is 2.07 bits per heavy atom. The maximum Gasteiger partial charge on any atom is 0.290 e. The quantitative estimate of drug-likeness (QED) is 0.682. The Kier molecular flexibility index (Phi) is 5.07. The third kappa shape index (κ3) is 3.38. The molecule has 0 saturated heterocycles. The van der Waals surface area contributed by atoms with E-state index in [1.807, 2.05) is 12.1 Å². The number of carbonyl (C=O) groups is 1. The van der Waals surface area contributed by atoms with Gasteiger partial charge in [-0.05, 0) is 23.8 Å². The second-order valence-electron chi connectivity index (χ2n) is 7.53. The van der Waals surface area contributed by atoms with Gasteiger partial charge in [0.15, 0.2) is 5.43 Å². The van der Waals surface area contributed by atoms with Crippen molar-refractivity contribution in [3.63, 3.8) is 0 Å². The molecule has 3 aromatic rings. The lowest BCUT2D eigenvalue weighted by Gasteiger charge is -2.25. The van der Waals surface area contributed by atoms with E-state index in [1.54, 1.807) is 42.6 Å². The Morgan fingerprint density at radius 1 is 1.24 bits per heavy atom. The van der Waals surface area contributed by atoms with Gasteiger partial charge in [0.2, 0.25) is 5.76 Å². The van der Waals surface area contributed by atoms with Gasteiger partial charge in [0.25, 0.3) is 5.91 Å². The number of amides is 1. The summed E-state index contributed by atoms with van der Waals surface area (Å²) in [5.41, 5.74) is 1.35. The van der Waals surface area contributed by atoms with Crippen LogP contribution in [-0.2, 0) is 0 Å². The van der Waals surface area contributed by atoms with Crippen molar-refractivity contribution >= 4 is 16.9 Å². The molecule has 7 heteroatoms. The highest BCUT2D eigenvalue weighted by Crippen LogP contribution is 2.38. The summed E-state index contributed by atoms with van der Waals surface area (Å²) in [5, 5.41) is 0.436. The SMILES string of the molecule is COc1ccc2c(=O)c3c(oc2c1)C(=O)N(CCC[NH+](C)C)[C@@H]3c1cccnc1. The first-order valence-electron chi connectivity index (χ1n) is 9.66. The minimum absolute atomic E-state index is 0.113. The summed E-state index contributed by atoms with van der Waals surface area (Å²) >= 11 is 0. The van der Waals surface area contributed by atoms with Gasteiger partial charge in [-0.25, -0.2) is 0 Å². The first-order chi connectivity index (χ1) is 14.0. The van der Waals surface area contributed by atoms with Crippen molar-refractivity contribution in [1.29, 1.82) is 0 Å². The van der Waals surface area contributed by atoms with Gasteiger partial charge < -0.3 is 19.0 Å². The number of pyridine rings is 1. The van der Waals surface area contributed by atoms with E-state index in [-0.39, 0.29) is 17.1 Å². The molecule has 150 valence electrons. The third-order valence-electron chi connectivity index (χ3n) is 5.25. The van der Waals surface area contributed by atoms with Gasteiger partial charge in [0.05, 0.1) is 44.7 Å². The van der Waals surface area contributed by atoms with E-state index < -0.39 is 6.04 Å². The molecule has 7 nitrogen and oxygen atoms in total. The normalized spacial score (nSPS) is 15.9. The van der Waals surface area contributed by atoms with E-state index in [2.05, 4.69) is 19.1 Å². The molecular formula is C22H24N3O4+. The Labute approximate surface area is 168 Å². The third-order valence-corrected chi connectivity index (χ3v) is 5.25. The first-order valence-corrected chi connectivity index (χ1v) is 9.66. The van der Waals surface area contributed by atoms with Crippen LogP contribution in [0.25, 0.3) is 11.0 Å². The molecule has 1 atom stereocenters. The lowest BCUT2D eigenvalue weighted by atomic mass is 10.00. The molecule has 0 spiro atoms. The van der Waals surface area contributed by atoms with Crippen molar-refractivity contribution in [2.75, 3.05) is 34.3 Å². The monoisotopic (exact) mass is 394 g/mol. The number of fused-ring (bicyclic) bond motifs is 2. The zero-order valence-corrected chi connectivity index (χ0v) is 16.8. The smallest absolute Gasteiger partial charge is 0.290 e. The average molecular weight is 394 g/mol. The molecular weight excluding hydrogens is 370 g/mol. The molecule has 1 N–H and O–H groups in total. The molecule has 1 aliphatic rings. The molecule has 0 saturated carbocycles. The van der Waals surface area contributed by atoms with Gasteiger partial charge in [-0.15, -0.1) is 0 Å². The number of hydrogen-bond acceptors (Lipinski definition) is 5. The van der Waals surface area contributed by atoms with Crippen LogP contribution in [0.1, 0.15) is 34.1 Å². The predicted molar refractivity (Wildman–Crippen MR) is 108 cm³/mol. The number of nitrogens with zero attached hydrogens (tertiary/aromatic N) is 2. The summed E-state index contributed by atoms with van der Waals surface area (Å²) in [6, 6.07) is 8.25. The number of rotatable bonds is 6. The Morgan fingerprint density at radius 3 is 2.76 bits per heavy atom. The topological polar surface area (TPSA) is 77.1 Å². The summed E-state index contributed by atoms with van der Waals surface area (Å²) in [4.78, 5) is 33.8. The fourth-order valence-electron chi connectivity index (χ4n) is 3.84. The van der Waals surface area contributed by atoms with Gasteiger partial charge in [-0.3, -0.25) is 14.6 Å². The van der Waals surface area contributed by atoms with E-state index in [1.165, 1.54) is 4.90 Å². The van der Waals surface area contributed by atoms with Crippen molar-refractivity contribution in [3.05, 3.63) is 69.8 Å². The van der Waals surface area contributed by atoms with Crippen molar-refractivity contribution in [3.8, 4) is 5.75 Å². The van der Waals surface area contributed by atoms with Gasteiger partial charge in [0.1, 0.15) is 11.3 Å². The number of carbonyl (C=O) groups excluding carboxylic acids is 1. The largest absolute Gasteiger partial charge is 0.497 e. The number of nitrogens with one attached hydrogen (secondary N) is 1. The van der Waals surface area contributed by atoms with Gasteiger partial charge in [-0.1, -0.05) is 6.07 Å². The van der Waals surface area contributed by atoms with Gasteiger partial charge >= 0.3 is 0 Å².